The molecule has 0 radical (unpaired) electrons. The third-order valence-corrected chi connectivity index (χ3v) is 4.07. The van der Waals surface area contributed by atoms with Crippen LogP contribution < -0.4 is 4.90 Å². The number of halogens is 2. The lowest BCUT2D eigenvalue weighted by Gasteiger charge is -2.18. The summed E-state index contributed by atoms with van der Waals surface area (Å²) in [5.74, 6) is -1.03. The Labute approximate surface area is 128 Å². The van der Waals surface area contributed by atoms with Crippen molar-refractivity contribution in [3.8, 4) is 0 Å². The molecule has 2 heterocycles. The molecule has 0 saturated carbocycles. The van der Waals surface area contributed by atoms with E-state index in [4.69, 9.17) is 0 Å². The average Bonchev–Trinajstić information content (AvgIpc) is 2.93. The number of anilines is 1. The van der Waals surface area contributed by atoms with E-state index >= 15 is 0 Å². The van der Waals surface area contributed by atoms with Crippen LogP contribution in [0.25, 0.3) is 0 Å². The second kappa shape index (κ2) is 5.07. The van der Waals surface area contributed by atoms with Gasteiger partial charge in [0.15, 0.2) is 0 Å². The van der Waals surface area contributed by atoms with E-state index in [1.807, 2.05) is 11.5 Å². The van der Waals surface area contributed by atoms with Crippen molar-refractivity contribution in [1.29, 1.82) is 0 Å². The number of amides is 1. The van der Waals surface area contributed by atoms with Gasteiger partial charge in [0.2, 0.25) is 0 Å². The van der Waals surface area contributed by atoms with Crippen molar-refractivity contribution in [2.75, 3.05) is 11.4 Å². The van der Waals surface area contributed by atoms with E-state index in [0.29, 0.717) is 23.2 Å². The highest BCUT2D eigenvalue weighted by molar-refractivity contribution is 9.10. The highest BCUT2D eigenvalue weighted by Crippen LogP contribution is 2.36. The number of fused-ring (bicyclic) bond motifs is 1. The molecule has 108 valence electrons. The number of hydrogen-bond acceptors (Lipinski definition) is 3. The Hall–Kier alpha value is -2.02. The monoisotopic (exact) mass is 351 g/mol. The number of Topliss-reactive ketones (excluding diaryl/α,β-unsaturated/α-hetero) is 1. The second-order valence-corrected chi connectivity index (χ2v) is 5.59. The second-order valence-electron chi connectivity index (χ2n) is 4.74. The molecule has 0 unspecified atom stereocenters. The van der Waals surface area contributed by atoms with Crippen LogP contribution in [0.2, 0.25) is 0 Å². The highest BCUT2D eigenvalue weighted by Gasteiger charge is 2.37. The maximum absolute atomic E-state index is 13.4. The Morgan fingerprint density at radius 3 is 2.71 bits per heavy atom. The summed E-state index contributed by atoms with van der Waals surface area (Å²) in [6.45, 7) is 2.68. The third kappa shape index (κ3) is 2.27. The SMILES string of the molecule is Cc1nccn1CCN1C(=O)C(=O)c2cc(F)cc(Br)c21. The first kappa shape index (κ1) is 13.9. The minimum atomic E-state index is -0.674. The number of carbonyl (C=O) groups is 2. The highest BCUT2D eigenvalue weighted by atomic mass is 79.9. The van der Waals surface area contributed by atoms with Gasteiger partial charge in [0, 0.05) is 30.0 Å². The van der Waals surface area contributed by atoms with Crippen molar-refractivity contribution in [3.63, 3.8) is 0 Å². The van der Waals surface area contributed by atoms with E-state index in [9.17, 15) is 14.0 Å². The summed E-state index contributed by atoms with van der Waals surface area (Å²) in [6, 6.07) is 2.35. The molecule has 0 bridgehead atoms. The minimum Gasteiger partial charge on any atom is -0.333 e. The van der Waals surface area contributed by atoms with Crippen LogP contribution in [0, 0.1) is 12.7 Å². The summed E-state index contributed by atoms with van der Waals surface area (Å²) in [5, 5.41) is 0. The molecular weight excluding hydrogens is 341 g/mol. The van der Waals surface area contributed by atoms with Crippen LogP contribution in [0.1, 0.15) is 16.2 Å². The summed E-state index contributed by atoms with van der Waals surface area (Å²) in [6.07, 6.45) is 3.48. The summed E-state index contributed by atoms with van der Waals surface area (Å²) in [4.78, 5) is 29.5. The lowest BCUT2D eigenvalue weighted by molar-refractivity contribution is -0.114. The number of benzene rings is 1. The Morgan fingerprint density at radius 1 is 1.29 bits per heavy atom. The molecule has 0 N–H and O–H groups in total. The molecule has 0 atom stereocenters. The zero-order valence-corrected chi connectivity index (χ0v) is 12.7. The first-order valence-corrected chi connectivity index (χ1v) is 7.11. The Bertz CT molecular complexity index is 757. The lowest BCUT2D eigenvalue weighted by atomic mass is 10.1. The van der Waals surface area contributed by atoms with Crippen LogP contribution in [0.5, 0.6) is 0 Å². The molecule has 0 aliphatic carbocycles. The third-order valence-electron chi connectivity index (χ3n) is 3.47. The van der Waals surface area contributed by atoms with Gasteiger partial charge in [0.1, 0.15) is 11.6 Å². The fraction of sp³-hybridized carbons (Fsp3) is 0.214. The average molecular weight is 352 g/mol. The van der Waals surface area contributed by atoms with Crippen molar-refractivity contribution >= 4 is 33.3 Å². The summed E-state index contributed by atoms with van der Waals surface area (Å²) in [5.41, 5.74) is 0.540. The minimum absolute atomic E-state index is 0.106. The maximum atomic E-state index is 13.4. The van der Waals surface area contributed by atoms with Gasteiger partial charge in [-0.15, -0.1) is 0 Å². The van der Waals surface area contributed by atoms with Crippen molar-refractivity contribution in [2.24, 2.45) is 0 Å². The zero-order valence-electron chi connectivity index (χ0n) is 11.1. The van der Waals surface area contributed by atoms with Gasteiger partial charge in [0.25, 0.3) is 11.7 Å². The number of aromatic nitrogens is 2. The van der Waals surface area contributed by atoms with E-state index in [-0.39, 0.29) is 5.56 Å². The molecule has 1 amide bonds. The van der Waals surface area contributed by atoms with Gasteiger partial charge in [-0.2, -0.15) is 0 Å². The predicted octanol–water partition coefficient (Wildman–Crippen LogP) is 2.32. The van der Waals surface area contributed by atoms with Crippen LogP contribution in [-0.4, -0.2) is 27.8 Å². The zero-order chi connectivity index (χ0) is 15.1. The largest absolute Gasteiger partial charge is 0.333 e. The van der Waals surface area contributed by atoms with Crippen LogP contribution in [0.15, 0.2) is 29.0 Å². The van der Waals surface area contributed by atoms with Gasteiger partial charge in [-0.05, 0) is 35.0 Å². The first-order valence-electron chi connectivity index (χ1n) is 6.32. The van der Waals surface area contributed by atoms with E-state index in [0.717, 1.165) is 11.9 Å². The van der Waals surface area contributed by atoms with Gasteiger partial charge in [-0.25, -0.2) is 9.37 Å². The summed E-state index contributed by atoms with van der Waals surface area (Å²) in [7, 11) is 0. The van der Waals surface area contributed by atoms with E-state index < -0.39 is 17.5 Å². The molecule has 0 spiro atoms. The molecule has 0 saturated heterocycles. The molecule has 1 aromatic carbocycles. The molecule has 2 aromatic rings. The van der Waals surface area contributed by atoms with Gasteiger partial charge in [0.05, 0.1) is 11.3 Å². The number of hydrogen-bond donors (Lipinski definition) is 0. The predicted molar refractivity (Wildman–Crippen MR) is 77.7 cm³/mol. The van der Waals surface area contributed by atoms with Crippen LogP contribution in [-0.2, 0) is 11.3 Å². The standard InChI is InChI=1S/C14H11BrFN3O2/c1-8-17-2-3-18(8)4-5-19-12-10(13(20)14(19)21)6-9(16)7-11(12)15/h2-3,6-7H,4-5H2,1H3. The summed E-state index contributed by atoms with van der Waals surface area (Å²) < 4.78 is 15.7. The topological polar surface area (TPSA) is 55.2 Å². The molecule has 1 aromatic heterocycles. The number of imidazole rings is 1. The molecule has 21 heavy (non-hydrogen) atoms. The Kier molecular flexibility index (Phi) is 3.36. The van der Waals surface area contributed by atoms with E-state index in [2.05, 4.69) is 20.9 Å². The van der Waals surface area contributed by atoms with Crippen molar-refractivity contribution in [2.45, 2.75) is 13.5 Å². The number of aryl methyl sites for hydroxylation is 1. The summed E-state index contributed by atoms with van der Waals surface area (Å²) >= 11 is 3.22. The fourth-order valence-electron chi connectivity index (χ4n) is 2.41. The Morgan fingerprint density at radius 2 is 2.05 bits per heavy atom. The number of rotatable bonds is 3. The van der Waals surface area contributed by atoms with E-state index in [1.54, 1.807) is 12.4 Å². The molecule has 0 fully saturated rings. The molecule has 1 aliphatic heterocycles. The molecule has 3 rings (SSSR count). The normalized spacial score (nSPS) is 14.0. The number of nitrogens with zero attached hydrogens (tertiary/aromatic N) is 3. The Balaban J connectivity index is 1.93. The van der Waals surface area contributed by atoms with Crippen molar-refractivity contribution in [3.05, 3.63) is 46.2 Å². The maximum Gasteiger partial charge on any atom is 0.299 e. The van der Waals surface area contributed by atoms with Gasteiger partial charge in [-0.1, -0.05) is 0 Å². The molecule has 7 heteroatoms. The first-order chi connectivity index (χ1) is 9.99. The fourth-order valence-corrected chi connectivity index (χ4v) is 3.06. The van der Waals surface area contributed by atoms with Crippen molar-refractivity contribution in [1.82, 2.24) is 9.55 Å². The molecule has 1 aliphatic rings. The van der Waals surface area contributed by atoms with Gasteiger partial charge in [-0.3, -0.25) is 9.59 Å². The van der Waals surface area contributed by atoms with Crippen molar-refractivity contribution < 1.29 is 14.0 Å². The number of carbonyl (C=O) groups excluding carboxylic acids is 2. The number of ketones is 1. The van der Waals surface area contributed by atoms with Gasteiger partial charge < -0.3 is 9.47 Å². The lowest BCUT2D eigenvalue weighted by Crippen LogP contribution is -2.33. The molecule has 5 nitrogen and oxygen atoms in total. The molecular formula is C14H11BrFN3O2. The van der Waals surface area contributed by atoms with E-state index in [1.165, 1.54) is 11.0 Å². The van der Waals surface area contributed by atoms with Gasteiger partial charge >= 0.3 is 0 Å². The van der Waals surface area contributed by atoms with Crippen LogP contribution in [0.4, 0.5) is 10.1 Å². The van der Waals surface area contributed by atoms with Crippen LogP contribution in [0.3, 0.4) is 0 Å². The quantitative estimate of drug-likeness (QED) is 0.797. The smallest absolute Gasteiger partial charge is 0.299 e. The van der Waals surface area contributed by atoms with Crippen LogP contribution >= 0.6 is 15.9 Å².